The Kier molecular flexibility index (Phi) is 6.68. The van der Waals surface area contributed by atoms with E-state index in [2.05, 4.69) is 16.2 Å². The summed E-state index contributed by atoms with van der Waals surface area (Å²) in [6, 6.07) is 12.7. The molecule has 3 N–H and O–H groups in total. The Bertz CT molecular complexity index is 837. The largest absolute Gasteiger partial charge is 0.483 e. The van der Waals surface area contributed by atoms with Crippen molar-refractivity contribution in [1.82, 2.24) is 16.2 Å². The van der Waals surface area contributed by atoms with Crippen LogP contribution in [0.5, 0.6) is 5.75 Å². The summed E-state index contributed by atoms with van der Waals surface area (Å²) in [6.45, 7) is 5.62. The first-order chi connectivity index (χ1) is 12.4. The smallest absolute Gasteiger partial charge is 0.276 e. The minimum absolute atomic E-state index is 0.00316. The van der Waals surface area contributed by atoms with Crippen molar-refractivity contribution in [3.8, 4) is 5.75 Å². The normalized spacial score (nSPS) is 9.96. The minimum atomic E-state index is -0.418. The number of carbonyl (C=O) groups is 2. The first kappa shape index (κ1) is 19.4. The fraction of sp³-hybridized carbons (Fsp3) is 0.211. The maximum absolute atomic E-state index is 12.1. The van der Waals surface area contributed by atoms with E-state index in [1.54, 1.807) is 24.3 Å². The lowest BCUT2D eigenvalue weighted by molar-refractivity contribution is -0.123. The van der Waals surface area contributed by atoms with Crippen molar-refractivity contribution in [3.05, 3.63) is 64.7 Å². The number of thiocarbonyl (C=S) groups is 1. The maximum atomic E-state index is 12.1. The van der Waals surface area contributed by atoms with Gasteiger partial charge in [0.2, 0.25) is 0 Å². The molecule has 2 rings (SSSR count). The van der Waals surface area contributed by atoms with Crippen molar-refractivity contribution in [3.63, 3.8) is 0 Å². The van der Waals surface area contributed by atoms with E-state index in [4.69, 9.17) is 17.0 Å². The summed E-state index contributed by atoms with van der Waals surface area (Å²) in [5.41, 5.74) is 8.38. The van der Waals surface area contributed by atoms with E-state index in [1.165, 1.54) is 0 Å². The second-order valence-corrected chi connectivity index (χ2v) is 6.22. The molecule has 0 heterocycles. The van der Waals surface area contributed by atoms with Crippen LogP contribution >= 0.6 is 12.2 Å². The molecule has 0 aliphatic heterocycles. The van der Waals surface area contributed by atoms with Gasteiger partial charge in [0, 0.05) is 5.56 Å². The molecule has 6 nitrogen and oxygen atoms in total. The lowest BCUT2D eigenvalue weighted by Crippen LogP contribution is -2.49. The van der Waals surface area contributed by atoms with Crippen molar-refractivity contribution in [2.75, 3.05) is 6.61 Å². The fourth-order valence-electron chi connectivity index (χ4n) is 2.18. The third kappa shape index (κ3) is 5.56. The molecule has 0 aliphatic rings. The molecular formula is C19H21N3O3S. The van der Waals surface area contributed by atoms with Gasteiger partial charge in [-0.15, -0.1) is 0 Å². The first-order valence-electron chi connectivity index (χ1n) is 8.02. The zero-order chi connectivity index (χ0) is 19.1. The van der Waals surface area contributed by atoms with Crippen LogP contribution in [0.3, 0.4) is 0 Å². The first-order valence-corrected chi connectivity index (χ1v) is 8.43. The SMILES string of the molecule is Cc1cccc(C(=O)NC(=S)NNC(=O)COc2cccc(C)c2C)c1. The molecule has 0 aliphatic carbocycles. The maximum Gasteiger partial charge on any atom is 0.276 e. The Hall–Kier alpha value is -2.93. The van der Waals surface area contributed by atoms with Gasteiger partial charge in [-0.05, 0) is 62.3 Å². The van der Waals surface area contributed by atoms with Gasteiger partial charge in [-0.25, -0.2) is 0 Å². The van der Waals surface area contributed by atoms with Gasteiger partial charge < -0.3 is 4.74 Å². The lowest BCUT2D eigenvalue weighted by atomic mass is 10.1. The molecule has 0 saturated heterocycles. The highest BCUT2D eigenvalue weighted by Crippen LogP contribution is 2.20. The number of hydrogen-bond donors (Lipinski definition) is 3. The van der Waals surface area contributed by atoms with E-state index in [1.807, 2.05) is 39.0 Å². The van der Waals surface area contributed by atoms with Crippen LogP contribution in [-0.2, 0) is 4.79 Å². The number of amides is 2. The monoisotopic (exact) mass is 371 g/mol. The molecule has 0 radical (unpaired) electrons. The highest BCUT2D eigenvalue weighted by Gasteiger charge is 2.09. The van der Waals surface area contributed by atoms with Crippen LogP contribution in [0.25, 0.3) is 0 Å². The van der Waals surface area contributed by atoms with Crippen molar-refractivity contribution in [2.45, 2.75) is 20.8 Å². The van der Waals surface area contributed by atoms with Crippen LogP contribution in [0.15, 0.2) is 42.5 Å². The molecule has 26 heavy (non-hydrogen) atoms. The highest BCUT2D eigenvalue weighted by atomic mass is 32.1. The van der Waals surface area contributed by atoms with Crippen LogP contribution < -0.4 is 20.9 Å². The zero-order valence-corrected chi connectivity index (χ0v) is 15.7. The molecule has 0 saturated carbocycles. The standard InChI is InChI=1S/C19H21N3O3S/c1-12-6-4-8-15(10-12)18(24)20-19(26)22-21-17(23)11-25-16-9-5-7-13(2)14(16)3/h4-10H,11H2,1-3H3,(H,21,23)(H2,20,22,24,26). The molecule has 0 spiro atoms. The average molecular weight is 371 g/mol. The topological polar surface area (TPSA) is 79.5 Å². The predicted octanol–water partition coefficient (Wildman–Crippen LogP) is 2.33. The van der Waals surface area contributed by atoms with Crippen LogP contribution in [0.2, 0.25) is 0 Å². The third-order valence-electron chi connectivity index (χ3n) is 3.74. The van der Waals surface area contributed by atoms with Crippen molar-refractivity contribution in [1.29, 1.82) is 0 Å². The molecule has 0 unspecified atom stereocenters. The van der Waals surface area contributed by atoms with Crippen LogP contribution in [0.4, 0.5) is 0 Å². The third-order valence-corrected chi connectivity index (χ3v) is 3.94. The number of aryl methyl sites for hydroxylation is 2. The van der Waals surface area contributed by atoms with E-state index < -0.39 is 5.91 Å². The van der Waals surface area contributed by atoms with E-state index in [-0.39, 0.29) is 17.6 Å². The van der Waals surface area contributed by atoms with E-state index in [0.29, 0.717) is 11.3 Å². The summed E-state index contributed by atoms with van der Waals surface area (Å²) >= 11 is 5.00. The molecule has 0 bridgehead atoms. The minimum Gasteiger partial charge on any atom is -0.483 e. The van der Waals surface area contributed by atoms with Crippen LogP contribution in [0.1, 0.15) is 27.0 Å². The van der Waals surface area contributed by atoms with E-state index >= 15 is 0 Å². The number of rotatable bonds is 4. The molecule has 7 heteroatoms. The second-order valence-electron chi connectivity index (χ2n) is 5.81. The van der Waals surface area contributed by atoms with Gasteiger partial charge in [0.15, 0.2) is 11.7 Å². The second kappa shape index (κ2) is 8.96. The van der Waals surface area contributed by atoms with E-state index in [9.17, 15) is 9.59 Å². The van der Waals surface area contributed by atoms with Gasteiger partial charge in [0.1, 0.15) is 5.75 Å². The Morgan fingerprint density at radius 1 is 1.04 bits per heavy atom. The molecule has 0 atom stereocenters. The Balaban J connectivity index is 1.77. The fourth-order valence-corrected chi connectivity index (χ4v) is 2.32. The lowest BCUT2D eigenvalue weighted by Gasteiger charge is -2.13. The van der Waals surface area contributed by atoms with Gasteiger partial charge in [0.05, 0.1) is 0 Å². The summed E-state index contributed by atoms with van der Waals surface area (Å²) < 4.78 is 5.49. The van der Waals surface area contributed by atoms with Gasteiger partial charge in [-0.1, -0.05) is 29.8 Å². The van der Waals surface area contributed by atoms with Crippen molar-refractivity contribution < 1.29 is 14.3 Å². The molecule has 2 aromatic rings. The Morgan fingerprint density at radius 2 is 1.77 bits per heavy atom. The summed E-state index contributed by atoms with van der Waals surface area (Å²) in [6.07, 6.45) is 0. The number of nitrogens with one attached hydrogen (secondary N) is 3. The molecule has 2 amide bonds. The van der Waals surface area contributed by atoms with Gasteiger partial charge in [0.25, 0.3) is 11.8 Å². The molecule has 136 valence electrons. The van der Waals surface area contributed by atoms with Crippen LogP contribution in [0, 0.1) is 20.8 Å². The summed E-state index contributed by atoms with van der Waals surface area (Å²) in [7, 11) is 0. The summed E-state index contributed by atoms with van der Waals surface area (Å²) in [4.78, 5) is 23.9. The number of hydrazine groups is 1. The molecular weight excluding hydrogens is 350 g/mol. The summed E-state index contributed by atoms with van der Waals surface area (Å²) in [5.74, 6) is -0.124. The van der Waals surface area contributed by atoms with Crippen molar-refractivity contribution >= 4 is 29.1 Å². The molecule has 0 fully saturated rings. The highest BCUT2D eigenvalue weighted by molar-refractivity contribution is 7.80. The van der Waals surface area contributed by atoms with E-state index in [0.717, 1.165) is 16.7 Å². The van der Waals surface area contributed by atoms with Crippen LogP contribution in [-0.4, -0.2) is 23.5 Å². The summed E-state index contributed by atoms with van der Waals surface area (Å²) in [5, 5.41) is 2.49. The quantitative estimate of drug-likeness (QED) is 0.568. The average Bonchev–Trinajstić information content (AvgIpc) is 2.61. The molecule has 2 aromatic carbocycles. The number of carbonyl (C=O) groups excluding carboxylic acids is 2. The van der Waals surface area contributed by atoms with Gasteiger partial charge in [-0.2, -0.15) is 0 Å². The predicted molar refractivity (Wildman–Crippen MR) is 104 cm³/mol. The zero-order valence-electron chi connectivity index (χ0n) is 14.9. The van der Waals surface area contributed by atoms with Gasteiger partial charge in [-0.3, -0.25) is 25.8 Å². The number of hydrogen-bond acceptors (Lipinski definition) is 4. The number of benzene rings is 2. The number of ether oxygens (including phenoxy) is 1. The Morgan fingerprint density at radius 3 is 2.50 bits per heavy atom. The molecule has 0 aromatic heterocycles. The van der Waals surface area contributed by atoms with Crippen molar-refractivity contribution in [2.24, 2.45) is 0 Å². The van der Waals surface area contributed by atoms with Gasteiger partial charge >= 0.3 is 0 Å². The Labute approximate surface area is 157 Å².